The van der Waals surface area contributed by atoms with E-state index in [-0.39, 0.29) is 42.2 Å². The molecule has 1 aromatic carbocycles. The van der Waals surface area contributed by atoms with Gasteiger partial charge in [-0.15, -0.1) is 0 Å². The Balaban J connectivity index is 1.84. The van der Waals surface area contributed by atoms with Crippen molar-refractivity contribution in [2.45, 2.75) is 39.7 Å². The second-order valence-corrected chi connectivity index (χ2v) is 7.49. The molecule has 154 valence electrons. The third kappa shape index (κ3) is 4.39. The number of hydrogen-bond donors (Lipinski definition) is 1. The fourth-order valence-corrected chi connectivity index (χ4v) is 3.66. The molecule has 1 heterocycles. The van der Waals surface area contributed by atoms with Gasteiger partial charge < -0.3 is 14.6 Å². The average Bonchev–Trinajstić information content (AvgIpc) is 2.95. The molecule has 0 aliphatic heterocycles. The van der Waals surface area contributed by atoms with Crippen molar-refractivity contribution in [1.82, 2.24) is 9.88 Å². The van der Waals surface area contributed by atoms with Crippen LogP contribution in [0.3, 0.4) is 0 Å². The van der Waals surface area contributed by atoms with Gasteiger partial charge >= 0.3 is 5.97 Å². The summed E-state index contributed by atoms with van der Waals surface area (Å²) in [6.45, 7) is 3.52. The van der Waals surface area contributed by atoms with Gasteiger partial charge in [0, 0.05) is 23.7 Å². The molecule has 0 radical (unpaired) electrons. The Labute approximate surface area is 169 Å². The van der Waals surface area contributed by atoms with E-state index in [2.05, 4.69) is 4.98 Å². The van der Waals surface area contributed by atoms with E-state index in [9.17, 15) is 18.8 Å². The summed E-state index contributed by atoms with van der Waals surface area (Å²) in [4.78, 5) is 42.3. The maximum Gasteiger partial charge on any atom is 0.354 e. The number of methoxy groups -OCH3 is 1. The summed E-state index contributed by atoms with van der Waals surface area (Å²) in [5.74, 6) is -1.27. The first-order chi connectivity index (χ1) is 13.8. The van der Waals surface area contributed by atoms with E-state index in [1.807, 2.05) is 0 Å². The van der Waals surface area contributed by atoms with Crippen molar-refractivity contribution >= 4 is 17.7 Å². The van der Waals surface area contributed by atoms with Gasteiger partial charge in [-0.05, 0) is 49.9 Å². The lowest BCUT2D eigenvalue weighted by Gasteiger charge is -2.31. The summed E-state index contributed by atoms with van der Waals surface area (Å²) in [6, 6.07) is 5.91. The lowest BCUT2D eigenvalue weighted by molar-refractivity contribution is -0.138. The molecule has 3 rings (SSSR count). The number of aromatic amines is 1. The van der Waals surface area contributed by atoms with Crippen molar-refractivity contribution in [3.63, 3.8) is 0 Å². The van der Waals surface area contributed by atoms with Crippen molar-refractivity contribution in [1.29, 1.82) is 0 Å². The number of nitrogens with one attached hydrogen (secondary N) is 1. The van der Waals surface area contributed by atoms with Crippen molar-refractivity contribution in [2.24, 2.45) is 5.92 Å². The van der Waals surface area contributed by atoms with Crippen LogP contribution in [0.15, 0.2) is 24.3 Å². The molecule has 1 aliphatic carbocycles. The van der Waals surface area contributed by atoms with Gasteiger partial charge in [0.2, 0.25) is 5.91 Å². The molecule has 29 heavy (non-hydrogen) atoms. The van der Waals surface area contributed by atoms with E-state index in [0.29, 0.717) is 16.8 Å². The van der Waals surface area contributed by atoms with E-state index < -0.39 is 5.97 Å². The summed E-state index contributed by atoms with van der Waals surface area (Å²) >= 11 is 0. The number of aryl methyl sites for hydroxylation is 1. The lowest BCUT2D eigenvalue weighted by Crippen LogP contribution is -2.41. The van der Waals surface area contributed by atoms with Gasteiger partial charge in [0.15, 0.2) is 5.78 Å². The number of esters is 1. The average molecular weight is 400 g/mol. The summed E-state index contributed by atoms with van der Waals surface area (Å²) < 4.78 is 18.0. The van der Waals surface area contributed by atoms with Crippen LogP contribution < -0.4 is 0 Å². The highest BCUT2D eigenvalue weighted by atomic mass is 19.1. The van der Waals surface area contributed by atoms with Crippen LogP contribution in [0, 0.1) is 25.6 Å². The first-order valence-electron chi connectivity index (χ1n) is 9.65. The van der Waals surface area contributed by atoms with Crippen LogP contribution in [-0.2, 0) is 16.1 Å². The fourth-order valence-electron chi connectivity index (χ4n) is 3.66. The Morgan fingerprint density at radius 3 is 2.38 bits per heavy atom. The van der Waals surface area contributed by atoms with Crippen LogP contribution in [0.2, 0.25) is 0 Å². The van der Waals surface area contributed by atoms with E-state index in [1.54, 1.807) is 26.0 Å². The monoisotopic (exact) mass is 400 g/mol. The summed E-state index contributed by atoms with van der Waals surface area (Å²) in [5, 5.41) is 0. The number of ketones is 1. The second kappa shape index (κ2) is 8.59. The molecule has 1 fully saturated rings. The Hall–Kier alpha value is -2.96. The van der Waals surface area contributed by atoms with Crippen molar-refractivity contribution < 1.29 is 23.5 Å². The third-order valence-corrected chi connectivity index (χ3v) is 5.49. The zero-order valence-corrected chi connectivity index (χ0v) is 16.9. The largest absolute Gasteiger partial charge is 0.464 e. The number of halogens is 1. The minimum Gasteiger partial charge on any atom is -0.464 e. The van der Waals surface area contributed by atoms with E-state index >= 15 is 0 Å². The lowest BCUT2D eigenvalue weighted by atomic mass is 9.84. The predicted octanol–water partition coefficient (Wildman–Crippen LogP) is 3.57. The third-order valence-electron chi connectivity index (χ3n) is 5.49. The van der Waals surface area contributed by atoms with Gasteiger partial charge in [0.25, 0.3) is 0 Å². The Morgan fingerprint density at radius 2 is 1.83 bits per heavy atom. The molecular formula is C22H25FN2O4. The number of carbonyl (C=O) groups is 3. The maximum absolute atomic E-state index is 13.2. The number of aromatic nitrogens is 1. The second-order valence-electron chi connectivity index (χ2n) is 7.49. The molecule has 7 heteroatoms. The zero-order chi connectivity index (χ0) is 21.1. The van der Waals surface area contributed by atoms with Crippen molar-refractivity contribution in [3.8, 4) is 0 Å². The van der Waals surface area contributed by atoms with Crippen LogP contribution in [0.5, 0.6) is 0 Å². The van der Waals surface area contributed by atoms with Gasteiger partial charge in [-0.1, -0.05) is 18.6 Å². The highest BCUT2D eigenvalue weighted by Gasteiger charge is 2.32. The van der Waals surface area contributed by atoms with Gasteiger partial charge in [-0.25, -0.2) is 9.18 Å². The molecule has 1 N–H and O–H groups in total. The smallest absolute Gasteiger partial charge is 0.354 e. The minimum atomic E-state index is -0.543. The van der Waals surface area contributed by atoms with Crippen LogP contribution in [-0.4, -0.2) is 41.2 Å². The number of rotatable bonds is 7. The first kappa shape index (κ1) is 20.8. The molecule has 2 aromatic rings. The van der Waals surface area contributed by atoms with Crippen LogP contribution >= 0.6 is 0 Å². The molecular weight excluding hydrogens is 375 g/mol. The fraction of sp³-hybridized carbons (Fsp3) is 0.409. The van der Waals surface area contributed by atoms with Crippen LogP contribution in [0.1, 0.15) is 56.9 Å². The molecule has 0 saturated heterocycles. The van der Waals surface area contributed by atoms with Crippen molar-refractivity contribution in [2.75, 3.05) is 13.7 Å². The molecule has 1 aromatic heterocycles. The van der Waals surface area contributed by atoms with Crippen LogP contribution in [0.25, 0.3) is 0 Å². The highest BCUT2D eigenvalue weighted by molar-refractivity contribution is 6.04. The highest BCUT2D eigenvalue weighted by Crippen LogP contribution is 2.29. The Morgan fingerprint density at radius 1 is 1.17 bits per heavy atom. The van der Waals surface area contributed by atoms with Gasteiger partial charge in [0.1, 0.15) is 11.5 Å². The predicted molar refractivity (Wildman–Crippen MR) is 105 cm³/mol. The molecule has 1 saturated carbocycles. The number of carbonyl (C=O) groups excluding carboxylic acids is 3. The van der Waals surface area contributed by atoms with Gasteiger partial charge in [0.05, 0.1) is 13.7 Å². The molecule has 6 nitrogen and oxygen atoms in total. The topological polar surface area (TPSA) is 79.5 Å². The molecule has 1 aliphatic rings. The van der Waals surface area contributed by atoms with E-state index in [1.165, 1.54) is 24.1 Å². The molecule has 0 bridgehead atoms. The van der Waals surface area contributed by atoms with Gasteiger partial charge in [-0.2, -0.15) is 0 Å². The number of benzene rings is 1. The molecule has 0 spiro atoms. The Kier molecular flexibility index (Phi) is 6.15. The van der Waals surface area contributed by atoms with Crippen molar-refractivity contribution in [3.05, 3.63) is 58.2 Å². The number of amides is 1. The molecule has 0 atom stereocenters. The van der Waals surface area contributed by atoms with E-state index in [0.717, 1.165) is 24.8 Å². The molecule has 0 unspecified atom stereocenters. The first-order valence-corrected chi connectivity index (χ1v) is 9.65. The quantitative estimate of drug-likeness (QED) is 0.569. The number of nitrogens with zero attached hydrogens (tertiary/aromatic N) is 1. The zero-order valence-electron chi connectivity index (χ0n) is 16.9. The Bertz CT molecular complexity index is 929. The number of ether oxygens (including phenoxy) is 1. The number of Topliss-reactive ketones (excluding diaryl/α,β-unsaturated/α-hetero) is 1. The summed E-state index contributed by atoms with van der Waals surface area (Å²) in [6.07, 6.45) is 2.65. The SMILES string of the molecule is COC(=O)c1[nH]c(C)c(C(=O)CN(Cc2ccc(F)cc2)C(=O)C2CCC2)c1C. The van der Waals surface area contributed by atoms with Gasteiger partial charge in [-0.3, -0.25) is 9.59 Å². The minimum absolute atomic E-state index is 0.0621. The summed E-state index contributed by atoms with van der Waals surface area (Å²) in [7, 11) is 1.28. The molecule has 1 amide bonds. The standard InChI is InChI=1S/C22H25FN2O4/c1-13-19(14(2)24-20(13)22(28)29-3)18(26)12-25(21(27)16-5-4-6-16)11-15-7-9-17(23)10-8-15/h7-10,16,24H,4-6,11-12H2,1-3H3. The maximum atomic E-state index is 13.2. The van der Waals surface area contributed by atoms with E-state index in [4.69, 9.17) is 4.74 Å². The number of hydrogen-bond acceptors (Lipinski definition) is 4. The number of H-pyrrole nitrogens is 1. The summed E-state index contributed by atoms with van der Waals surface area (Å²) in [5.41, 5.74) is 2.47. The normalized spacial score (nSPS) is 13.7. The van der Waals surface area contributed by atoms with Crippen LogP contribution in [0.4, 0.5) is 4.39 Å².